The van der Waals surface area contributed by atoms with Gasteiger partial charge in [-0.05, 0) is 36.8 Å². The molecule has 86 valence electrons. The largest absolute Gasteiger partial charge is 0.420 e. The number of hydrogen-bond acceptors (Lipinski definition) is 1. The van der Waals surface area contributed by atoms with Crippen molar-refractivity contribution in [2.24, 2.45) is 17.3 Å². The molecule has 0 saturated carbocycles. The first kappa shape index (κ1) is 14.2. The summed E-state index contributed by atoms with van der Waals surface area (Å²) in [7, 11) is -0.844. The van der Waals surface area contributed by atoms with Crippen molar-refractivity contribution < 1.29 is 4.43 Å². The highest BCUT2D eigenvalue weighted by Crippen LogP contribution is 2.31. The van der Waals surface area contributed by atoms with Gasteiger partial charge >= 0.3 is 0 Å². The molecule has 0 heterocycles. The molecule has 0 radical (unpaired) electrons. The van der Waals surface area contributed by atoms with E-state index >= 15 is 0 Å². The van der Waals surface area contributed by atoms with Crippen LogP contribution in [0.3, 0.4) is 0 Å². The van der Waals surface area contributed by atoms with E-state index in [2.05, 4.69) is 47.7 Å². The molecule has 0 fully saturated rings. The summed E-state index contributed by atoms with van der Waals surface area (Å²) in [6, 6.07) is 0. The van der Waals surface area contributed by atoms with E-state index in [1.54, 1.807) is 0 Å². The molecule has 1 atom stereocenters. The van der Waals surface area contributed by atoms with Crippen molar-refractivity contribution in [2.75, 3.05) is 6.61 Å². The minimum absolute atomic E-state index is 0.383. The fourth-order valence-electron chi connectivity index (χ4n) is 1.55. The third-order valence-electron chi connectivity index (χ3n) is 2.61. The van der Waals surface area contributed by atoms with Crippen LogP contribution in [-0.4, -0.2) is 15.6 Å². The molecule has 0 saturated heterocycles. The monoisotopic (exact) mass is 216 g/mol. The maximum atomic E-state index is 5.87. The van der Waals surface area contributed by atoms with Crippen LogP contribution in [0, 0.1) is 17.3 Å². The van der Waals surface area contributed by atoms with Crippen LogP contribution in [0.2, 0.25) is 13.1 Å². The van der Waals surface area contributed by atoms with E-state index in [0.29, 0.717) is 11.3 Å². The molecule has 0 aromatic carbocycles. The fraction of sp³-hybridized carbons (Fsp3) is 1.00. The van der Waals surface area contributed by atoms with Gasteiger partial charge in [-0.25, -0.2) is 0 Å². The molecule has 0 bridgehead atoms. The van der Waals surface area contributed by atoms with Gasteiger partial charge < -0.3 is 4.43 Å². The normalized spacial score (nSPS) is 15.2. The quantitative estimate of drug-likeness (QED) is 0.637. The van der Waals surface area contributed by atoms with Crippen molar-refractivity contribution in [3.63, 3.8) is 0 Å². The van der Waals surface area contributed by atoms with Crippen LogP contribution in [-0.2, 0) is 4.43 Å². The average Bonchev–Trinajstić information content (AvgIpc) is 1.94. The van der Waals surface area contributed by atoms with Gasteiger partial charge in [0.25, 0.3) is 0 Å². The molecule has 0 aliphatic carbocycles. The van der Waals surface area contributed by atoms with Gasteiger partial charge in [0.1, 0.15) is 0 Å². The molecule has 0 N–H and O–H groups in total. The zero-order valence-electron chi connectivity index (χ0n) is 11.1. The summed E-state index contributed by atoms with van der Waals surface area (Å²) in [5.41, 5.74) is 0.383. The number of rotatable bonds is 5. The van der Waals surface area contributed by atoms with Gasteiger partial charge in [-0.15, -0.1) is 0 Å². The van der Waals surface area contributed by atoms with Gasteiger partial charge in [-0.1, -0.05) is 34.6 Å². The zero-order chi connectivity index (χ0) is 11.4. The lowest BCUT2D eigenvalue weighted by Crippen LogP contribution is -2.28. The van der Waals surface area contributed by atoms with Gasteiger partial charge in [0.15, 0.2) is 9.04 Å². The summed E-state index contributed by atoms with van der Waals surface area (Å²) in [5.74, 6) is 1.48. The molecule has 0 aromatic heterocycles. The third kappa shape index (κ3) is 6.60. The summed E-state index contributed by atoms with van der Waals surface area (Å²) in [6.07, 6.45) is 1.28. The van der Waals surface area contributed by atoms with E-state index < -0.39 is 9.04 Å². The summed E-state index contributed by atoms with van der Waals surface area (Å²) in [4.78, 5) is 0. The van der Waals surface area contributed by atoms with Crippen LogP contribution in [0.4, 0.5) is 0 Å². The molecular weight excluding hydrogens is 188 g/mol. The van der Waals surface area contributed by atoms with Gasteiger partial charge in [-0.2, -0.15) is 0 Å². The van der Waals surface area contributed by atoms with E-state index in [1.807, 2.05) is 0 Å². The highest BCUT2D eigenvalue weighted by molar-refractivity contribution is 6.48. The second kappa shape index (κ2) is 5.91. The first-order valence-corrected chi connectivity index (χ1v) is 8.63. The van der Waals surface area contributed by atoms with Gasteiger partial charge in [0, 0.05) is 6.61 Å². The second-order valence-corrected chi connectivity index (χ2v) is 8.51. The molecule has 1 nitrogen and oxygen atoms in total. The lowest BCUT2D eigenvalue weighted by Gasteiger charge is -2.32. The Morgan fingerprint density at radius 3 is 1.93 bits per heavy atom. The van der Waals surface area contributed by atoms with Crippen molar-refractivity contribution in [1.29, 1.82) is 0 Å². The second-order valence-electron chi connectivity index (χ2n) is 6.07. The Labute approximate surface area is 92.0 Å². The Balaban J connectivity index is 4.12. The minimum atomic E-state index is -0.844. The number of hydrogen-bond donors (Lipinski definition) is 0. The lowest BCUT2D eigenvalue weighted by molar-refractivity contribution is 0.125. The molecule has 0 spiro atoms. The summed E-state index contributed by atoms with van der Waals surface area (Å²) >= 11 is 0. The van der Waals surface area contributed by atoms with Crippen molar-refractivity contribution in [2.45, 2.75) is 54.1 Å². The minimum Gasteiger partial charge on any atom is -0.420 e. The molecule has 0 amide bonds. The molecule has 0 aromatic rings. The van der Waals surface area contributed by atoms with Crippen LogP contribution in [0.15, 0.2) is 0 Å². The Hall–Kier alpha value is 0.177. The molecule has 1 unspecified atom stereocenters. The SMILES string of the molecule is CC(C)CC(CO[SiH](C)C)C(C)(C)C. The molecule has 14 heavy (non-hydrogen) atoms. The van der Waals surface area contributed by atoms with E-state index in [1.165, 1.54) is 6.42 Å². The molecule has 0 aliphatic rings. The predicted octanol–water partition coefficient (Wildman–Crippen LogP) is 3.69. The summed E-state index contributed by atoms with van der Waals surface area (Å²) in [5, 5.41) is 0. The maximum absolute atomic E-state index is 5.87. The van der Waals surface area contributed by atoms with E-state index in [9.17, 15) is 0 Å². The highest BCUT2D eigenvalue weighted by Gasteiger charge is 2.25. The molecular formula is C12H28OSi. The summed E-state index contributed by atoms with van der Waals surface area (Å²) in [6.45, 7) is 17.0. The zero-order valence-corrected chi connectivity index (χ0v) is 12.2. The van der Waals surface area contributed by atoms with Crippen LogP contribution < -0.4 is 0 Å². The van der Waals surface area contributed by atoms with Crippen molar-refractivity contribution in [3.8, 4) is 0 Å². The third-order valence-corrected chi connectivity index (χ3v) is 3.47. The standard InChI is InChI=1S/C12H28OSi/c1-10(2)8-11(12(3,4)5)9-13-14(6)7/h10-11,14H,8-9H2,1-7H3. The lowest BCUT2D eigenvalue weighted by atomic mass is 9.77. The first-order chi connectivity index (χ1) is 6.23. The fourth-order valence-corrected chi connectivity index (χ4v) is 2.17. The van der Waals surface area contributed by atoms with Crippen molar-refractivity contribution >= 4 is 9.04 Å². The Morgan fingerprint density at radius 1 is 1.14 bits per heavy atom. The van der Waals surface area contributed by atoms with E-state index in [4.69, 9.17) is 4.43 Å². The van der Waals surface area contributed by atoms with E-state index in [-0.39, 0.29) is 0 Å². The van der Waals surface area contributed by atoms with Crippen LogP contribution in [0.5, 0.6) is 0 Å². The van der Waals surface area contributed by atoms with Crippen molar-refractivity contribution in [1.82, 2.24) is 0 Å². The maximum Gasteiger partial charge on any atom is 0.170 e. The molecule has 0 aliphatic heterocycles. The summed E-state index contributed by atoms with van der Waals surface area (Å²) < 4.78 is 5.87. The Bertz CT molecular complexity index is 147. The van der Waals surface area contributed by atoms with Gasteiger partial charge in [0.2, 0.25) is 0 Å². The smallest absolute Gasteiger partial charge is 0.170 e. The first-order valence-electron chi connectivity index (χ1n) is 5.85. The predicted molar refractivity (Wildman–Crippen MR) is 67.2 cm³/mol. The van der Waals surface area contributed by atoms with Crippen LogP contribution in [0.1, 0.15) is 41.0 Å². The Kier molecular flexibility index (Phi) is 5.99. The van der Waals surface area contributed by atoms with Crippen LogP contribution in [0.25, 0.3) is 0 Å². The van der Waals surface area contributed by atoms with Crippen LogP contribution >= 0.6 is 0 Å². The molecule has 2 heteroatoms. The average molecular weight is 216 g/mol. The van der Waals surface area contributed by atoms with Gasteiger partial charge in [0.05, 0.1) is 0 Å². The molecule has 0 rings (SSSR count). The van der Waals surface area contributed by atoms with E-state index in [0.717, 1.165) is 12.5 Å². The highest BCUT2D eigenvalue weighted by atomic mass is 28.3. The Morgan fingerprint density at radius 2 is 1.64 bits per heavy atom. The van der Waals surface area contributed by atoms with Gasteiger partial charge in [-0.3, -0.25) is 0 Å². The van der Waals surface area contributed by atoms with Crippen molar-refractivity contribution in [3.05, 3.63) is 0 Å². The topological polar surface area (TPSA) is 9.23 Å².